The first-order chi connectivity index (χ1) is 8.02. The van der Waals surface area contributed by atoms with E-state index in [9.17, 15) is 9.90 Å². The minimum Gasteiger partial charge on any atom is -0.394 e. The fourth-order valence-corrected chi connectivity index (χ4v) is 1.95. The van der Waals surface area contributed by atoms with Crippen LogP contribution in [0.2, 0.25) is 0 Å². The van der Waals surface area contributed by atoms with Gasteiger partial charge in [-0.2, -0.15) is 0 Å². The maximum atomic E-state index is 11.4. The quantitative estimate of drug-likeness (QED) is 0.557. The molecule has 0 aliphatic carbocycles. The second-order valence-electron chi connectivity index (χ2n) is 4.24. The molecule has 1 amide bonds. The fourth-order valence-electron chi connectivity index (χ4n) is 1.95. The zero-order valence-corrected chi connectivity index (χ0v) is 9.59. The third-order valence-electron chi connectivity index (χ3n) is 2.95. The summed E-state index contributed by atoms with van der Waals surface area (Å²) in [4.78, 5) is 13.0. The van der Waals surface area contributed by atoms with Crippen molar-refractivity contribution in [2.24, 2.45) is 0 Å². The lowest BCUT2D eigenvalue weighted by Gasteiger charge is -2.32. The van der Waals surface area contributed by atoms with Crippen molar-refractivity contribution in [1.82, 2.24) is 10.2 Å². The first-order valence-corrected chi connectivity index (χ1v) is 5.44. The number of hydrogen-bond donors (Lipinski definition) is 3. The van der Waals surface area contributed by atoms with Crippen LogP contribution in [0, 0.1) is 0 Å². The van der Waals surface area contributed by atoms with Gasteiger partial charge in [0.25, 0.3) is 5.91 Å². The molecule has 6 nitrogen and oxygen atoms in total. The minimum absolute atomic E-state index is 0.191. The second-order valence-corrected chi connectivity index (χ2v) is 4.24. The van der Waals surface area contributed by atoms with Crippen molar-refractivity contribution >= 4 is 5.91 Å². The van der Waals surface area contributed by atoms with Gasteiger partial charge in [0, 0.05) is 18.2 Å². The third kappa shape index (κ3) is 2.19. The maximum Gasteiger partial charge on any atom is 0.253 e. The van der Waals surface area contributed by atoms with E-state index in [4.69, 9.17) is 9.84 Å². The highest BCUT2D eigenvalue weighted by atomic mass is 18.2. The molecule has 94 valence electrons. The van der Waals surface area contributed by atoms with Crippen LogP contribution in [0.1, 0.15) is 13.3 Å². The topological polar surface area (TPSA) is 82.0 Å². The van der Waals surface area contributed by atoms with Gasteiger partial charge in [-0.05, 0) is 6.92 Å². The fraction of sp³-hybridized carbons (Fsp3) is 0.545. The van der Waals surface area contributed by atoms with Crippen molar-refractivity contribution in [3.63, 3.8) is 0 Å². The molecular weight excluding hydrogens is 228 g/mol. The van der Waals surface area contributed by atoms with Crippen LogP contribution in [-0.4, -0.2) is 46.1 Å². The van der Waals surface area contributed by atoms with Gasteiger partial charge in [0.2, 0.25) is 0 Å². The third-order valence-corrected chi connectivity index (χ3v) is 2.95. The highest BCUT2D eigenvalue weighted by Crippen LogP contribution is 2.27. The number of rotatable bonds is 2. The lowest BCUT2D eigenvalue weighted by Crippen LogP contribution is -2.42. The molecule has 2 rings (SSSR count). The Hall–Kier alpha value is -1.37. The van der Waals surface area contributed by atoms with Gasteiger partial charge in [-0.3, -0.25) is 4.79 Å². The normalized spacial score (nSPS) is 33.7. The van der Waals surface area contributed by atoms with Crippen LogP contribution in [0.15, 0.2) is 24.2 Å². The number of nitrogens with zero attached hydrogens (tertiary/aromatic N) is 1. The molecule has 3 N–H and O–H groups in total. The Bertz CT molecular complexity index is 380. The van der Waals surface area contributed by atoms with Gasteiger partial charge >= 0.3 is 0 Å². The number of amides is 1. The smallest absolute Gasteiger partial charge is 0.253 e. The summed E-state index contributed by atoms with van der Waals surface area (Å²) in [5.41, 5.74) is 0.544. The molecule has 0 radical (unpaired) electrons. The maximum absolute atomic E-state index is 11.4. The number of aliphatic hydroxyl groups excluding tert-OH is 2. The summed E-state index contributed by atoms with van der Waals surface area (Å²) in [5, 5.41) is 21.2. The molecule has 17 heavy (non-hydrogen) atoms. The number of carbonyl (C=O) groups excluding carboxylic acids is 1. The van der Waals surface area contributed by atoms with Crippen LogP contribution in [0.5, 0.6) is 0 Å². The average Bonchev–Trinajstić information content (AvgIpc) is 2.65. The zero-order chi connectivity index (χ0) is 12.6. The second kappa shape index (κ2) is 4.48. The molecule has 0 saturated carbocycles. The molecule has 2 aliphatic rings. The van der Waals surface area contributed by atoms with Gasteiger partial charge in [-0.15, -0.1) is 0 Å². The highest BCUT2D eigenvalue weighted by molar-refractivity contribution is 5.94. The van der Waals surface area contributed by atoms with Gasteiger partial charge < -0.3 is 25.2 Å². The van der Waals surface area contributed by atoms with E-state index in [0.29, 0.717) is 17.8 Å². The minimum atomic E-state index is -0.705. The van der Waals surface area contributed by atoms with E-state index in [1.807, 2.05) is 0 Å². The summed E-state index contributed by atoms with van der Waals surface area (Å²) < 4.78 is 5.49. The molecule has 1 fully saturated rings. The van der Waals surface area contributed by atoms with E-state index in [2.05, 4.69) is 11.9 Å². The molecule has 1 saturated heterocycles. The number of nitrogens with one attached hydrogen (secondary N) is 1. The standard InChI is InChI=1S/C11H16N2O4/c1-6-4-13(7(2)12-11(6)16)10-3-8(15)9(5-14)17-10/h4,8-10,14-15H,2-3,5H2,1H3,(H,12,16)/t8-,9-,10-/m1/s1/i15+2,16+2. The van der Waals surface area contributed by atoms with Crippen molar-refractivity contribution in [3.05, 3.63) is 24.2 Å². The lowest BCUT2D eigenvalue weighted by atomic mass is 10.2. The number of ether oxygens (including phenoxy) is 1. The van der Waals surface area contributed by atoms with Gasteiger partial charge in [-0.1, -0.05) is 6.58 Å². The van der Waals surface area contributed by atoms with Gasteiger partial charge in [0.15, 0.2) is 0 Å². The Morgan fingerprint density at radius 3 is 3.06 bits per heavy atom. The first kappa shape index (κ1) is 12.1. The number of hydrogen-bond acceptors (Lipinski definition) is 5. The van der Waals surface area contributed by atoms with Crippen LogP contribution in [0.25, 0.3) is 0 Å². The molecule has 0 unspecified atom stereocenters. The molecule has 0 bridgehead atoms. The molecule has 6 heteroatoms. The average molecular weight is 244 g/mol. The van der Waals surface area contributed by atoms with Crippen LogP contribution in [-0.2, 0) is 9.53 Å². The van der Waals surface area contributed by atoms with Crippen molar-refractivity contribution in [2.45, 2.75) is 31.8 Å². The first-order valence-electron chi connectivity index (χ1n) is 5.44. The van der Waals surface area contributed by atoms with Crippen molar-refractivity contribution < 1.29 is 19.7 Å². The Labute approximate surface area is 99.2 Å². The van der Waals surface area contributed by atoms with E-state index >= 15 is 0 Å². The lowest BCUT2D eigenvalue weighted by molar-refractivity contribution is -0.118. The van der Waals surface area contributed by atoms with Crippen molar-refractivity contribution in [3.8, 4) is 0 Å². The Balaban J connectivity index is 2.13. The molecule has 0 aromatic heterocycles. The molecule has 0 spiro atoms. The predicted molar refractivity (Wildman–Crippen MR) is 59.2 cm³/mol. The summed E-state index contributed by atoms with van der Waals surface area (Å²) in [5.74, 6) is 0.222. The number of aliphatic hydroxyl groups is 2. The molecule has 2 aliphatic heterocycles. The van der Waals surface area contributed by atoms with Crippen LogP contribution in [0.4, 0.5) is 0 Å². The summed E-state index contributed by atoms with van der Waals surface area (Å²) in [6, 6.07) is 0. The summed E-state index contributed by atoms with van der Waals surface area (Å²) >= 11 is 0. The van der Waals surface area contributed by atoms with Crippen LogP contribution >= 0.6 is 0 Å². The van der Waals surface area contributed by atoms with Gasteiger partial charge in [0.05, 0.1) is 12.7 Å². The molecule has 3 atom stereocenters. The summed E-state index contributed by atoms with van der Waals surface area (Å²) in [6.45, 7) is 5.18. The largest absolute Gasteiger partial charge is 0.394 e. The zero-order valence-electron chi connectivity index (χ0n) is 9.59. The monoisotopic (exact) mass is 244 g/mol. The Kier molecular flexibility index (Phi) is 3.19. The molecular formula is C11H16N2O4. The molecule has 2 heterocycles. The van der Waals surface area contributed by atoms with Crippen molar-refractivity contribution in [1.29, 1.82) is 0 Å². The SMILES string of the molecule is C=C1NC(=[18O])C(C)=CN1[C@H]1C[C@@H]([18OH])[C@@H](CO)O1. The molecule has 0 aromatic rings. The number of carbonyl (C=O) groups is 1. The summed E-state index contributed by atoms with van der Waals surface area (Å²) in [7, 11) is 0. The predicted octanol–water partition coefficient (Wildman–Crippen LogP) is -0.739. The molecule has 0 aromatic carbocycles. The Morgan fingerprint density at radius 1 is 1.76 bits per heavy atom. The van der Waals surface area contributed by atoms with Crippen molar-refractivity contribution in [2.75, 3.05) is 6.61 Å². The Morgan fingerprint density at radius 2 is 2.47 bits per heavy atom. The highest BCUT2D eigenvalue weighted by Gasteiger charge is 2.38. The van der Waals surface area contributed by atoms with Crippen LogP contribution < -0.4 is 5.32 Å². The van der Waals surface area contributed by atoms with Gasteiger partial charge in [-0.25, -0.2) is 0 Å². The van der Waals surface area contributed by atoms with E-state index < -0.39 is 18.4 Å². The van der Waals surface area contributed by atoms with Crippen LogP contribution in [0.3, 0.4) is 0 Å². The summed E-state index contributed by atoms with van der Waals surface area (Å²) in [6.07, 6.45) is 0.302. The van der Waals surface area contributed by atoms with Gasteiger partial charge in [0.1, 0.15) is 18.2 Å². The van der Waals surface area contributed by atoms with E-state index in [1.165, 1.54) is 0 Å². The van der Waals surface area contributed by atoms with E-state index in [-0.39, 0.29) is 12.5 Å². The van der Waals surface area contributed by atoms with E-state index in [0.717, 1.165) is 0 Å². The van der Waals surface area contributed by atoms with E-state index in [1.54, 1.807) is 18.0 Å².